The summed E-state index contributed by atoms with van der Waals surface area (Å²) in [5.41, 5.74) is 10.7. The van der Waals surface area contributed by atoms with Crippen molar-refractivity contribution in [3.05, 3.63) is 59.2 Å². The van der Waals surface area contributed by atoms with Gasteiger partial charge in [-0.05, 0) is 55.5 Å². The van der Waals surface area contributed by atoms with Crippen LogP contribution in [-0.2, 0) is 11.2 Å². The largest absolute Gasteiger partial charge is 0.399 e. The van der Waals surface area contributed by atoms with Crippen LogP contribution in [0.25, 0.3) is 0 Å². The van der Waals surface area contributed by atoms with Gasteiger partial charge in [-0.3, -0.25) is 4.79 Å². The number of nitrogens with two attached hydrogens (primary N) is 1. The molecule has 0 spiro atoms. The fraction of sp³-hybridized carbons (Fsp3) is 0.278. The number of hydrogen-bond acceptors (Lipinski definition) is 2. The molecule has 2 rings (SSSR count). The molecule has 0 saturated carbocycles. The van der Waals surface area contributed by atoms with Gasteiger partial charge < -0.3 is 11.1 Å². The number of nitrogen functional groups attached to an aromatic ring is 1. The molecule has 110 valence electrons. The van der Waals surface area contributed by atoms with Crippen LogP contribution in [0.3, 0.4) is 0 Å². The highest BCUT2D eigenvalue weighted by Gasteiger charge is 2.07. The van der Waals surface area contributed by atoms with E-state index in [2.05, 4.69) is 17.4 Å². The first-order chi connectivity index (χ1) is 10.1. The molecule has 2 aromatic rings. The van der Waals surface area contributed by atoms with Gasteiger partial charge in [0.1, 0.15) is 0 Å². The molecule has 1 amide bonds. The topological polar surface area (TPSA) is 55.1 Å². The molecule has 3 nitrogen and oxygen atoms in total. The first kappa shape index (κ1) is 15.1. The summed E-state index contributed by atoms with van der Waals surface area (Å²) in [5.74, 6) is 0.0539. The number of carbonyl (C=O) groups is 1. The number of anilines is 2. The minimum atomic E-state index is 0.0539. The zero-order valence-corrected chi connectivity index (χ0v) is 12.6. The molecule has 0 bridgehead atoms. The van der Waals surface area contributed by atoms with E-state index in [1.165, 1.54) is 5.56 Å². The van der Waals surface area contributed by atoms with Crippen molar-refractivity contribution in [3.63, 3.8) is 0 Å². The van der Waals surface area contributed by atoms with Gasteiger partial charge >= 0.3 is 0 Å². The second kappa shape index (κ2) is 6.93. The van der Waals surface area contributed by atoms with Crippen LogP contribution in [0, 0.1) is 13.8 Å². The van der Waals surface area contributed by atoms with Gasteiger partial charge in [0, 0.05) is 17.8 Å². The molecule has 2 aromatic carbocycles. The smallest absolute Gasteiger partial charge is 0.224 e. The van der Waals surface area contributed by atoms with Gasteiger partial charge in [-0.25, -0.2) is 0 Å². The Hall–Kier alpha value is -2.29. The first-order valence-corrected chi connectivity index (χ1v) is 7.27. The Morgan fingerprint density at radius 1 is 1.10 bits per heavy atom. The summed E-state index contributed by atoms with van der Waals surface area (Å²) in [6, 6.07) is 14.1. The average molecular weight is 282 g/mol. The highest BCUT2D eigenvalue weighted by molar-refractivity contribution is 5.92. The van der Waals surface area contributed by atoms with E-state index in [4.69, 9.17) is 5.73 Å². The minimum Gasteiger partial charge on any atom is -0.399 e. The summed E-state index contributed by atoms with van der Waals surface area (Å²) in [6.07, 6.45) is 2.30. The second-order valence-corrected chi connectivity index (χ2v) is 5.41. The quantitative estimate of drug-likeness (QED) is 0.818. The third-order valence-electron chi connectivity index (χ3n) is 3.60. The molecule has 0 atom stereocenters. The van der Waals surface area contributed by atoms with Gasteiger partial charge in [-0.1, -0.05) is 30.3 Å². The molecule has 0 heterocycles. The van der Waals surface area contributed by atoms with E-state index in [1.54, 1.807) is 0 Å². The van der Waals surface area contributed by atoms with E-state index in [0.29, 0.717) is 6.42 Å². The number of aryl methyl sites for hydroxylation is 3. The number of hydrogen-bond donors (Lipinski definition) is 2. The maximum Gasteiger partial charge on any atom is 0.224 e. The lowest BCUT2D eigenvalue weighted by Gasteiger charge is -2.11. The molecule has 0 unspecified atom stereocenters. The molecule has 3 N–H and O–H groups in total. The van der Waals surface area contributed by atoms with Crippen molar-refractivity contribution in [1.29, 1.82) is 0 Å². The van der Waals surface area contributed by atoms with Gasteiger partial charge in [-0.15, -0.1) is 0 Å². The van der Waals surface area contributed by atoms with E-state index in [1.807, 2.05) is 44.2 Å². The van der Waals surface area contributed by atoms with Crippen molar-refractivity contribution in [1.82, 2.24) is 0 Å². The molecule has 0 aromatic heterocycles. The molecule has 0 aliphatic carbocycles. The standard InChI is InChI=1S/C18H22N2O/c1-13-12-17(14(2)11-16(13)19)20-18(21)10-6-9-15-7-4-3-5-8-15/h3-5,7-8,11-12H,6,9-10,19H2,1-2H3,(H,20,21). The molecule has 0 aliphatic heterocycles. The Morgan fingerprint density at radius 2 is 1.81 bits per heavy atom. The predicted octanol–water partition coefficient (Wildman–Crippen LogP) is 3.85. The van der Waals surface area contributed by atoms with Crippen molar-refractivity contribution >= 4 is 17.3 Å². The molecule has 3 heteroatoms. The summed E-state index contributed by atoms with van der Waals surface area (Å²) in [4.78, 5) is 12.0. The third kappa shape index (κ3) is 4.35. The Kier molecular flexibility index (Phi) is 4.99. The maximum atomic E-state index is 12.0. The zero-order valence-electron chi connectivity index (χ0n) is 12.6. The molecular formula is C18H22N2O. The van der Waals surface area contributed by atoms with Crippen molar-refractivity contribution in [2.24, 2.45) is 0 Å². The Labute approximate surface area is 126 Å². The van der Waals surface area contributed by atoms with Crippen LogP contribution in [0.4, 0.5) is 11.4 Å². The van der Waals surface area contributed by atoms with Crippen LogP contribution in [-0.4, -0.2) is 5.91 Å². The van der Waals surface area contributed by atoms with E-state index < -0.39 is 0 Å². The van der Waals surface area contributed by atoms with Gasteiger partial charge in [-0.2, -0.15) is 0 Å². The van der Waals surface area contributed by atoms with Gasteiger partial charge in [0.25, 0.3) is 0 Å². The fourth-order valence-electron chi connectivity index (χ4n) is 2.28. The van der Waals surface area contributed by atoms with Crippen LogP contribution in [0.1, 0.15) is 29.5 Å². The SMILES string of the molecule is Cc1cc(NC(=O)CCCc2ccccc2)c(C)cc1N. The number of rotatable bonds is 5. The van der Waals surface area contributed by atoms with Crippen molar-refractivity contribution in [2.45, 2.75) is 33.1 Å². The normalized spacial score (nSPS) is 10.4. The zero-order chi connectivity index (χ0) is 15.2. The fourth-order valence-corrected chi connectivity index (χ4v) is 2.28. The van der Waals surface area contributed by atoms with Crippen molar-refractivity contribution < 1.29 is 4.79 Å². The highest BCUT2D eigenvalue weighted by atomic mass is 16.1. The monoisotopic (exact) mass is 282 g/mol. The number of nitrogens with one attached hydrogen (secondary N) is 1. The Morgan fingerprint density at radius 3 is 2.52 bits per heavy atom. The molecule has 0 saturated heterocycles. The van der Waals surface area contributed by atoms with Crippen LogP contribution in [0.15, 0.2) is 42.5 Å². The summed E-state index contributed by atoms with van der Waals surface area (Å²) in [7, 11) is 0. The molecule has 21 heavy (non-hydrogen) atoms. The van der Waals surface area contributed by atoms with Crippen LogP contribution < -0.4 is 11.1 Å². The van der Waals surface area contributed by atoms with Gasteiger partial charge in [0.2, 0.25) is 5.91 Å². The number of amides is 1. The van der Waals surface area contributed by atoms with E-state index in [9.17, 15) is 4.79 Å². The van der Waals surface area contributed by atoms with Crippen LogP contribution in [0.5, 0.6) is 0 Å². The van der Waals surface area contributed by atoms with Crippen LogP contribution in [0.2, 0.25) is 0 Å². The number of benzene rings is 2. The van der Waals surface area contributed by atoms with E-state index in [-0.39, 0.29) is 5.91 Å². The predicted molar refractivity (Wildman–Crippen MR) is 88.3 cm³/mol. The maximum absolute atomic E-state index is 12.0. The summed E-state index contributed by atoms with van der Waals surface area (Å²) >= 11 is 0. The second-order valence-electron chi connectivity index (χ2n) is 5.41. The lowest BCUT2D eigenvalue weighted by Crippen LogP contribution is -2.13. The van der Waals surface area contributed by atoms with Gasteiger partial charge in [0.05, 0.1) is 0 Å². The first-order valence-electron chi connectivity index (χ1n) is 7.27. The van der Waals surface area contributed by atoms with Gasteiger partial charge in [0.15, 0.2) is 0 Å². The summed E-state index contributed by atoms with van der Waals surface area (Å²) < 4.78 is 0. The van der Waals surface area contributed by atoms with Crippen molar-refractivity contribution in [3.8, 4) is 0 Å². The number of carbonyl (C=O) groups excluding carboxylic acids is 1. The molecule has 0 radical (unpaired) electrons. The molecule has 0 fully saturated rings. The lowest BCUT2D eigenvalue weighted by atomic mass is 10.1. The minimum absolute atomic E-state index is 0.0539. The average Bonchev–Trinajstić information content (AvgIpc) is 2.46. The molecule has 0 aliphatic rings. The van der Waals surface area contributed by atoms with Crippen LogP contribution >= 0.6 is 0 Å². The third-order valence-corrected chi connectivity index (χ3v) is 3.60. The Balaban J connectivity index is 1.86. The highest BCUT2D eigenvalue weighted by Crippen LogP contribution is 2.22. The Bertz CT molecular complexity index is 621. The summed E-state index contributed by atoms with van der Waals surface area (Å²) in [6.45, 7) is 3.90. The lowest BCUT2D eigenvalue weighted by molar-refractivity contribution is -0.116. The summed E-state index contributed by atoms with van der Waals surface area (Å²) in [5, 5.41) is 2.97. The van der Waals surface area contributed by atoms with E-state index in [0.717, 1.165) is 35.3 Å². The van der Waals surface area contributed by atoms with Crippen molar-refractivity contribution in [2.75, 3.05) is 11.1 Å². The molecular weight excluding hydrogens is 260 g/mol. The van der Waals surface area contributed by atoms with E-state index >= 15 is 0 Å².